The monoisotopic (exact) mass is 891 g/mol. The van der Waals surface area contributed by atoms with E-state index in [9.17, 15) is 0 Å². The van der Waals surface area contributed by atoms with E-state index in [0.717, 1.165) is 89.4 Å². The van der Waals surface area contributed by atoms with Crippen LogP contribution in [0.15, 0.2) is 253 Å². The van der Waals surface area contributed by atoms with Crippen molar-refractivity contribution in [3.63, 3.8) is 0 Å². The zero-order valence-electron chi connectivity index (χ0n) is 37.9. The van der Waals surface area contributed by atoms with Crippen LogP contribution in [-0.4, -0.2) is 0 Å². The van der Waals surface area contributed by atoms with Gasteiger partial charge in [-0.15, -0.1) is 0 Å². The SMILES string of the molecule is c1ccc(-c2ccccc2N(c2ccc3c(c2)-c2ccccc2Oc2ccccc2-3)c2ccc3c(c2)-c2ccccc2-c2ccccc2C32c3ccccc3-c3c2ccc2c3oc3ccccc32)cc1. The van der Waals surface area contributed by atoms with Gasteiger partial charge >= 0.3 is 0 Å². The smallest absolute Gasteiger partial charge is 0.143 e. The molecule has 0 fully saturated rings. The highest BCUT2D eigenvalue weighted by Gasteiger charge is 2.51. The third kappa shape index (κ3) is 5.40. The van der Waals surface area contributed by atoms with E-state index < -0.39 is 5.41 Å². The number of hydrogen-bond donors (Lipinski definition) is 0. The number of rotatable bonds is 4. The summed E-state index contributed by atoms with van der Waals surface area (Å²) in [6.45, 7) is 0. The van der Waals surface area contributed by atoms with Gasteiger partial charge in [0.2, 0.25) is 0 Å². The summed E-state index contributed by atoms with van der Waals surface area (Å²) < 4.78 is 13.6. The quantitative estimate of drug-likeness (QED) is 0.176. The van der Waals surface area contributed by atoms with E-state index in [-0.39, 0.29) is 0 Å². The molecule has 11 aromatic carbocycles. The van der Waals surface area contributed by atoms with Gasteiger partial charge in [-0.2, -0.15) is 0 Å². The van der Waals surface area contributed by atoms with Gasteiger partial charge in [0.25, 0.3) is 0 Å². The van der Waals surface area contributed by atoms with Gasteiger partial charge in [-0.1, -0.05) is 200 Å². The molecule has 1 aromatic heterocycles. The van der Waals surface area contributed by atoms with Gasteiger partial charge in [-0.3, -0.25) is 0 Å². The van der Waals surface area contributed by atoms with Crippen LogP contribution in [0.2, 0.25) is 0 Å². The summed E-state index contributed by atoms with van der Waals surface area (Å²) in [5, 5.41) is 2.26. The number of fused-ring (bicyclic) bond motifs is 21. The third-order valence-electron chi connectivity index (χ3n) is 15.1. The minimum atomic E-state index is -0.684. The Morgan fingerprint density at radius 3 is 1.60 bits per heavy atom. The molecular formula is C67H41NO2. The molecule has 0 radical (unpaired) electrons. The lowest BCUT2D eigenvalue weighted by Crippen LogP contribution is -2.29. The summed E-state index contributed by atoms with van der Waals surface area (Å²) in [4.78, 5) is 2.46. The molecule has 3 nitrogen and oxygen atoms in total. The second-order valence-electron chi connectivity index (χ2n) is 18.6. The van der Waals surface area contributed by atoms with Crippen LogP contribution in [0.25, 0.3) is 88.7 Å². The van der Waals surface area contributed by atoms with Crippen molar-refractivity contribution in [1.29, 1.82) is 0 Å². The molecule has 1 atom stereocenters. The molecule has 70 heavy (non-hydrogen) atoms. The van der Waals surface area contributed by atoms with Crippen LogP contribution in [-0.2, 0) is 5.41 Å². The van der Waals surface area contributed by atoms with Crippen LogP contribution in [0.4, 0.5) is 17.1 Å². The molecule has 2 aliphatic carbocycles. The van der Waals surface area contributed by atoms with Crippen LogP contribution >= 0.6 is 0 Å². The van der Waals surface area contributed by atoms with E-state index in [2.05, 4.69) is 248 Å². The summed E-state index contributed by atoms with van der Waals surface area (Å²) >= 11 is 0. The van der Waals surface area contributed by atoms with Crippen LogP contribution in [0.3, 0.4) is 0 Å². The number of benzene rings is 11. The number of anilines is 3. The van der Waals surface area contributed by atoms with Gasteiger partial charge in [0.15, 0.2) is 0 Å². The minimum Gasteiger partial charge on any atom is -0.456 e. The summed E-state index contributed by atoms with van der Waals surface area (Å²) in [6.07, 6.45) is 0. The molecule has 0 saturated heterocycles. The Balaban J connectivity index is 1.04. The number of furan rings is 1. The molecular weight excluding hydrogens is 851 g/mol. The lowest BCUT2D eigenvalue weighted by molar-refractivity contribution is 0.488. The van der Waals surface area contributed by atoms with Gasteiger partial charge in [0.1, 0.15) is 22.7 Å². The maximum atomic E-state index is 6.93. The molecule has 3 heteroatoms. The van der Waals surface area contributed by atoms with Gasteiger partial charge in [-0.05, 0) is 115 Å². The molecule has 1 unspecified atom stereocenters. The first kappa shape index (κ1) is 38.9. The maximum Gasteiger partial charge on any atom is 0.143 e. The van der Waals surface area contributed by atoms with Crippen LogP contribution < -0.4 is 9.64 Å². The molecule has 15 rings (SSSR count). The standard InChI is InChI=1S/C67H41NO2/c1-2-18-42(19-3-1)45-20-8-14-30-61(45)68(43-34-36-48-50-24-9-15-31-62(50)69-63-32-16-11-26-52(63)55(48)40-43)44-35-38-59-56(41-44)47-22-5-4-21-46(47)49-23-6-12-28-57(49)67(59)58-29-13-7-27-54(58)65-60(67)39-37-53-51-25-10-17-33-64(51)70-66(53)65/h1-41H. The molecule has 1 aliphatic heterocycles. The minimum absolute atomic E-state index is 0.684. The highest BCUT2D eigenvalue weighted by atomic mass is 16.5. The average Bonchev–Trinajstić information content (AvgIpc) is 3.87. The number of para-hydroxylation sites is 4. The van der Waals surface area contributed by atoms with Gasteiger partial charge < -0.3 is 14.1 Å². The number of hydrogen-bond acceptors (Lipinski definition) is 3. The first-order chi connectivity index (χ1) is 34.7. The first-order valence-corrected chi connectivity index (χ1v) is 24.1. The molecule has 12 aromatic rings. The van der Waals surface area contributed by atoms with Crippen molar-refractivity contribution in [3.05, 3.63) is 271 Å². The van der Waals surface area contributed by atoms with Crippen molar-refractivity contribution < 1.29 is 9.15 Å². The van der Waals surface area contributed by atoms with E-state index in [1.165, 1.54) is 50.1 Å². The highest BCUT2D eigenvalue weighted by Crippen LogP contribution is 2.63. The Kier molecular flexibility index (Phi) is 8.28. The molecule has 0 bridgehead atoms. The molecule has 326 valence electrons. The fourth-order valence-electron chi connectivity index (χ4n) is 12.2. The van der Waals surface area contributed by atoms with Crippen LogP contribution in [0, 0.1) is 0 Å². The second kappa shape index (κ2) is 14.9. The van der Waals surface area contributed by atoms with Crippen molar-refractivity contribution >= 4 is 39.0 Å². The zero-order chi connectivity index (χ0) is 45.9. The van der Waals surface area contributed by atoms with Crippen molar-refractivity contribution in [3.8, 4) is 78.3 Å². The Labute approximate surface area is 405 Å². The van der Waals surface area contributed by atoms with Gasteiger partial charge in [0.05, 0.1) is 11.1 Å². The van der Waals surface area contributed by atoms with Gasteiger partial charge in [0, 0.05) is 44.4 Å². The largest absolute Gasteiger partial charge is 0.456 e. The Morgan fingerprint density at radius 2 is 0.829 bits per heavy atom. The van der Waals surface area contributed by atoms with Crippen molar-refractivity contribution in [2.75, 3.05) is 4.90 Å². The normalized spacial score (nSPS) is 14.5. The third-order valence-corrected chi connectivity index (χ3v) is 15.1. The predicted molar refractivity (Wildman–Crippen MR) is 287 cm³/mol. The molecule has 3 aliphatic rings. The molecule has 0 N–H and O–H groups in total. The number of ether oxygens (including phenoxy) is 1. The fraction of sp³-hybridized carbons (Fsp3) is 0.0149. The van der Waals surface area contributed by atoms with E-state index in [0.29, 0.717) is 0 Å². The maximum absolute atomic E-state index is 6.93. The van der Waals surface area contributed by atoms with Crippen molar-refractivity contribution in [2.45, 2.75) is 5.41 Å². The lowest BCUT2D eigenvalue weighted by atomic mass is 9.66. The topological polar surface area (TPSA) is 25.6 Å². The first-order valence-electron chi connectivity index (χ1n) is 24.1. The van der Waals surface area contributed by atoms with E-state index in [1.807, 2.05) is 6.07 Å². The van der Waals surface area contributed by atoms with Crippen molar-refractivity contribution in [2.24, 2.45) is 0 Å². The van der Waals surface area contributed by atoms with Gasteiger partial charge in [-0.25, -0.2) is 0 Å². The predicted octanol–water partition coefficient (Wildman–Crippen LogP) is 18.2. The molecule has 0 saturated carbocycles. The second-order valence-corrected chi connectivity index (χ2v) is 18.6. The van der Waals surface area contributed by atoms with Crippen LogP contribution in [0.5, 0.6) is 11.5 Å². The number of nitrogens with zero attached hydrogens (tertiary/aromatic N) is 1. The van der Waals surface area contributed by atoms with E-state index in [1.54, 1.807) is 0 Å². The van der Waals surface area contributed by atoms with E-state index in [4.69, 9.17) is 9.15 Å². The summed E-state index contributed by atoms with van der Waals surface area (Å²) in [5.74, 6) is 1.69. The summed E-state index contributed by atoms with van der Waals surface area (Å²) in [5.41, 5.74) is 23.1. The Hall–Kier alpha value is -9.18. The van der Waals surface area contributed by atoms with Crippen LogP contribution in [0.1, 0.15) is 22.3 Å². The zero-order valence-corrected chi connectivity index (χ0v) is 37.9. The van der Waals surface area contributed by atoms with Crippen molar-refractivity contribution in [1.82, 2.24) is 0 Å². The average molecular weight is 892 g/mol. The molecule has 0 amide bonds. The lowest BCUT2D eigenvalue weighted by Gasteiger charge is -2.36. The summed E-state index contributed by atoms with van der Waals surface area (Å²) in [7, 11) is 0. The Bertz CT molecular complexity index is 4130. The van der Waals surface area contributed by atoms with E-state index >= 15 is 0 Å². The molecule has 2 heterocycles. The highest BCUT2D eigenvalue weighted by molar-refractivity contribution is 6.13. The molecule has 1 spiro atoms. The Morgan fingerprint density at radius 1 is 0.314 bits per heavy atom. The fourth-order valence-corrected chi connectivity index (χ4v) is 12.2. The summed E-state index contributed by atoms with van der Waals surface area (Å²) in [6, 6.07) is 90.8.